The number of hydrogen-bond acceptors (Lipinski definition) is 4. The van der Waals surface area contributed by atoms with E-state index in [1.165, 1.54) is 4.90 Å². The molecule has 1 rings (SSSR count). The largest absolute Gasteiger partial charge is 0.360 e. The van der Waals surface area contributed by atoms with Gasteiger partial charge in [0, 0.05) is 12.6 Å². The number of nitrogens with one attached hydrogen (secondary N) is 1. The molecule has 0 radical (unpaired) electrons. The van der Waals surface area contributed by atoms with Gasteiger partial charge in [0.05, 0.1) is 6.54 Å². The Hall–Kier alpha value is -1.56. The highest BCUT2D eigenvalue weighted by molar-refractivity contribution is 6.30. The number of unbranched alkanes of at least 4 members (excludes halogenated alkanes) is 1. The molecule has 6 nitrogen and oxygen atoms in total. The molecule has 20 heavy (non-hydrogen) atoms. The fourth-order valence-electron chi connectivity index (χ4n) is 1.65. The molecule has 0 spiro atoms. The number of carbonyl (C=O) groups excluding carboxylic acids is 2. The van der Waals surface area contributed by atoms with Gasteiger partial charge in [0.25, 0.3) is 0 Å². The highest BCUT2D eigenvalue weighted by Gasteiger charge is 2.21. The summed E-state index contributed by atoms with van der Waals surface area (Å²) in [6.45, 7) is 5.82. The minimum absolute atomic E-state index is 0.0399. The Labute approximate surface area is 123 Å². The summed E-state index contributed by atoms with van der Waals surface area (Å²) in [4.78, 5) is 25.3. The first-order valence-corrected chi connectivity index (χ1v) is 7.03. The normalized spacial score (nSPS) is 12.0. The van der Waals surface area contributed by atoms with Crippen molar-refractivity contribution in [3.63, 3.8) is 0 Å². The zero-order valence-electron chi connectivity index (χ0n) is 12.0. The number of aryl methyl sites for hydroxylation is 1. The van der Waals surface area contributed by atoms with E-state index in [0.717, 1.165) is 12.8 Å². The number of hydrogen-bond donors (Lipinski definition) is 1. The monoisotopic (exact) mass is 301 g/mol. The van der Waals surface area contributed by atoms with Gasteiger partial charge in [-0.3, -0.25) is 9.59 Å². The number of anilines is 1. The molecule has 2 amide bonds. The zero-order chi connectivity index (χ0) is 15.1. The van der Waals surface area contributed by atoms with Crippen LogP contribution in [-0.4, -0.2) is 40.3 Å². The van der Waals surface area contributed by atoms with Crippen LogP contribution >= 0.6 is 11.6 Å². The number of nitrogens with zero attached hydrogens (tertiary/aromatic N) is 2. The van der Waals surface area contributed by atoms with E-state index in [4.69, 9.17) is 16.1 Å². The summed E-state index contributed by atoms with van der Waals surface area (Å²) in [6, 6.07) is 1.61. The molecule has 0 saturated carbocycles. The van der Waals surface area contributed by atoms with Gasteiger partial charge in [-0.25, -0.2) is 0 Å². The first kappa shape index (κ1) is 16.5. The Bertz CT molecular complexity index is 459. The van der Waals surface area contributed by atoms with Crippen LogP contribution in [0.4, 0.5) is 5.82 Å². The highest BCUT2D eigenvalue weighted by Crippen LogP contribution is 2.08. The van der Waals surface area contributed by atoms with Gasteiger partial charge < -0.3 is 14.7 Å². The summed E-state index contributed by atoms with van der Waals surface area (Å²) >= 11 is 5.80. The lowest BCUT2D eigenvalue weighted by atomic mass is 10.3. The van der Waals surface area contributed by atoms with Gasteiger partial charge in [-0.2, -0.15) is 0 Å². The summed E-state index contributed by atoms with van der Waals surface area (Å²) in [5.41, 5.74) is 0. The van der Waals surface area contributed by atoms with Crippen LogP contribution < -0.4 is 5.32 Å². The highest BCUT2D eigenvalue weighted by atomic mass is 35.5. The molecule has 1 aromatic rings. The van der Waals surface area contributed by atoms with E-state index in [2.05, 4.69) is 10.5 Å². The number of aromatic nitrogens is 1. The second kappa shape index (κ2) is 7.89. The van der Waals surface area contributed by atoms with Gasteiger partial charge in [0.15, 0.2) is 5.82 Å². The maximum absolute atomic E-state index is 11.9. The summed E-state index contributed by atoms with van der Waals surface area (Å²) < 4.78 is 4.85. The molecule has 0 saturated heterocycles. The van der Waals surface area contributed by atoms with Crippen LogP contribution in [0.15, 0.2) is 10.6 Å². The van der Waals surface area contributed by atoms with Gasteiger partial charge >= 0.3 is 0 Å². The zero-order valence-corrected chi connectivity index (χ0v) is 12.7. The van der Waals surface area contributed by atoms with E-state index in [1.807, 2.05) is 6.92 Å². The average Bonchev–Trinajstić information content (AvgIpc) is 2.78. The molecule has 0 aliphatic carbocycles. The minimum Gasteiger partial charge on any atom is -0.360 e. The molecule has 0 aliphatic heterocycles. The van der Waals surface area contributed by atoms with Crippen LogP contribution in [0, 0.1) is 6.92 Å². The number of rotatable bonds is 7. The molecular formula is C13H20ClN3O3. The van der Waals surface area contributed by atoms with Crippen molar-refractivity contribution in [3.05, 3.63) is 11.8 Å². The molecule has 112 valence electrons. The van der Waals surface area contributed by atoms with E-state index in [-0.39, 0.29) is 18.4 Å². The van der Waals surface area contributed by atoms with Gasteiger partial charge in [-0.1, -0.05) is 18.5 Å². The van der Waals surface area contributed by atoms with Crippen molar-refractivity contribution in [1.82, 2.24) is 10.1 Å². The van der Waals surface area contributed by atoms with Gasteiger partial charge in [0.1, 0.15) is 11.1 Å². The smallest absolute Gasteiger partial charge is 0.245 e. The molecule has 0 bridgehead atoms. The Morgan fingerprint density at radius 1 is 1.55 bits per heavy atom. The fraction of sp³-hybridized carbons (Fsp3) is 0.615. The number of alkyl halides is 1. The maximum Gasteiger partial charge on any atom is 0.245 e. The minimum atomic E-state index is -0.644. The Morgan fingerprint density at radius 2 is 2.25 bits per heavy atom. The molecule has 7 heteroatoms. The van der Waals surface area contributed by atoms with E-state index >= 15 is 0 Å². The average molecular weight is 302 g/mol. The SMILES string of the molecule is CCCCN(CC(=O)Nc1cc(C)on1)C(=O)[C@@H](C)Cl. The molecule has 1 heterocycles. The number of carbonyl (C=O) groups is 2. The first-order chi connectivity index (χ1) is 9.43. The van der Waals surface area contributed by atoms with Gasteiger partial charge in [-0.05, 0) is 20.3 Å². The standard InChI is InChI=1S/C13H20ClN3O3/c1-4-5-6-17(13(19)10(3)14)8-12(18)15-11-7-9(2)20-16-11/h7,10H,4-6,8H2,1-3H3,(H,15,16,18)/t10-/m1/s1. The van der Waals surface area contributed by atoms with Gasteiger partial charge in [0.2, 0.25) is 11.8 Å². The predicted molar refractivity (Wildman–Crippen MR) is 76.7 cm³/mol. The van der Waals surface area contributed by atoms with Gasteiger partial charge in [-0.15, -0.1) is 11.6 Å². The first-order valence-electron chi connectivity index (χ1n) is 6.60. The summed E-state index contributed by atoms with van der Waals surface area (Å²) in [7, 11) is 0. The van der Waals surface area contributed by atoms with Crippen molar-refractivity contribution in [1.29, 1.82) is 0 Å². The van der Waals surface area contributed by atoms with E-state index in [0.29, 0.717) is 18.1 Å². The topological polar surface area (TPSA) is 75.4 Å². The lowest BCUT2D eigenvalue weighted by molar-refractivity contribution is -0.134. The second-order valence-electron chi connectivity index (χ2n) is 4.60. The Balaban J connectivity index is 2.59. The molecule has 1 atom stereocenters. The third-order valence-electron chi connectivity index (χ3n) is 2.66. The van der Waals surface area contributed by atoms with Crippen molar-refractivity contribution in [3.8, 4) is 0 Å². The third kappa shape index (κ3) is 5.21. The molecule has 1 aromatic heterocycles. The summed E-state index contributed by atoms with van der Waals surface area (Å²) in [5.74, 6) is 0.384. The summed E-state index contributed by atoms with van der Waals surface area (Å²) in [5, 5.41) is 5.61. The van der Waals surface area contributed by atoms with E-state index < -0.39 is 5.38 Å². The Morgan fingerprint density at radius 3 is 2.75 bits per heavy atom. The van der Waals surface area contributed by atoms with Crippen LogP contribution in [0.2, 0.25) is 0 Å². The third-order valence-corrected chi connectivity index (χ3v) is 2.85. The molecule has 0 unspecified atom stereocenters. The molecule has 0 aliphatic rings. The van der Waals surface area contributed by atoms with Crippen molar-refractivity contribution in [2.75, 3.05) is 18.4 Å². The Kier molecular flexibility index (Phi) is 6.51. The molecule has 0 aromatic carbocycles. The van der Waals surface area contributed by atoms with Crippen LogP contribution in [0.5, 0.6) is 0 Å². The van der Waals surface area contributed by atoms with Crippen molar-refractivity contribution in [2.24, 2.45) is 0 Å². The number of halogens is 1. The quantitative estimate of drug-likeness (QED) is 0.783. The summed E-state index contributed by atoms with van der Waals surface area (Å²) in [6.07, 6.45) is 1.76. The fourth-order valence-corrected chi connectivity index (χ4v) is 1.79. The second-order valence-corrected chi connectivity index (χ2v) is 5.25. The molecule has 1 N–H and O–H groups in total. The van der Waals surface area contributed by atoms with Crippen LogP contribution in [-0.2, 0) is 9.59 Å². The maximum atomic E-state index is 11.9. The van der Waals surface area contributed by atoms with Crippen LogP contribution in [0.1, 0.15) is 32.4 Å². The molecule has 0 fully saturated rings. The van der Waals surface area contributed by atoms with E-state index in [1.54, 1.807) is 19.9 Å². The van der Waals surface area contributed by atoms with Crippen molar-refractivity contribution >= 4 is 29.2 Å². The van der Waals surface area contributed by atoms with Crippen molar-refractivity contribution in [2.45, 2.75) is 39.0 Å². The lowest BCUT2D eigenvalue weighted by Crippen LogP contribution is -2.41. The molecular weight excluding hydrogens is 282 g/mol. The predicted octanol–water partition coefficient (Wildman–Crippen LogP) is 2.18. The van der Waals surface area contributed by atoms with E-state index in [9.17, 15) is 9.59 Å². The van der Waals surface area contributed by atoms with Crippen LogP contribution in [0.25, 0.3) is 0 Å². The van der Waals surface area contributed by atoms with Crippen LogP contribution in [0.3, 0.4) is 0 Å². The number of amides is 2. The lowest BCUT2D eigenvalue weighted by Gasteiger charge is -2.22. The van der Waals surface area contributed by atoms with Crippen molar-refractivity contribution < 1.29 is 14.1 Å².